The zero-order valence-electron chi connectivity index (χ0n) is 16.0. The van der Waals surface area contributed by atoms with Gasteiger partial charge in [0.1, 0.15) is 5.75 Å². The van der Waals surface area contributed by atoms with Gasteiger partial charge in [0.15, 0.2) is 12.4 Å². The van der Waals surface area contributed by atoms with Crippen molar-refractivity contribution in [1.29, 1.82) is 0 Å². The van der Waals surface area contributed by atoms with Crippen LogP contribution in [0.3, 0.4) is 0 Å². The number of amides is 1. The zero-order chi connectivity index (χ0) is 20.8. The number of carbonyl (C=O) groups is 2. The number of rotatable bonds is 8. The lowest BCUT2D eigenvalue weighted by Crippen LogP contribution is -2.28. The van der Waals surface area contributed by atoms with E-state index in [1.807, 2.05) is 47.8 Å². The molecule has 0 aliphatic carbocycles. The highest BCUT2D eigenvalue weighted by Crippen LogP contribution is 2.22. The largest absolute Gasteiger partial charge is 0.483 e. The maximum Gasteiger partial charge on any atom is 0.258 e. The van der Waals surface area contributed by atoms with Crippen LogP contribution in [0, 0.1) is 0 Å². The van der Waals surface area contributed by atoms with Crippen LogP contribution in [0.2, 0.25) is 0 Å². The molecule has 0 aliphatic rings. The van der Waals surface area contributed by atoms with Gasteiger partial charge >= 0.3 is 0 Å². The Kier molecular flexibility index (Phi) is 6.01. The van der Waals surface area contributed by atoms with Crippen molar-refractivity contribution in [2.75, 3.05) is 6.61 Å². The Morgan fingerprint density at radius 2 is 1.80 bits per heavy atom. The van der Waals surface area contributed by atoms with Crippen molar-refractivity contribution in [3.8, 4) is 11.4 Å². The van der Waals surface area contributed by atoms with Crippen molar-refractivity contribution in [2.24, 2.45) is 0 Å². The molecule has 1 N–H and O–H groups in total. The number of hydrogen-bond acceptors (Lipinski definition) is 5. The maximum atomic E-state index is 13.0. The standard InChI is InChI=1S/C23H19N3O3S/c27-22(24-14-19-9-6-12-30-19)16-29-21-11-5-4-10-20(21)23(28)17-13-25-26(15-17)18-7-2-1-3-8-18/h1-13,15H,14,16H2,(H,24,27). The van der Waals surface area contributed by atoms with E-state index in [9.17, 15) is 9.59 Å². The minimum Gasteiger partial charge on any atom is -0.483 e. The molecular weight excluding hydrogens is 398 g/mol. The minimum atomic E-state index is -0.248. The Balaban J connectivity index is 1.43. The Morgan fingerprint density at radius 1 is 1.00 bits per heavy atom. The number of thiophene rings is 1. The van der Waals surface area contributed by atoms with Crippen LogP contribution in [-0.4, -0.2) is 28.1 Å². The molecule has 4 rings (SSSR count). The van der Waals surface area contributed by atoms with Gasteiger partial charge in [-0.2, -0.15) is 5.10 Å². The van der Waals surface area contributed by atoms with Crippen molar-refractivity contribution in [3.05, 3.63) is 101 Å². The summed E-state index contributed by atoms with van der Waals surface area (Å²) in [6, 6.07) is 20.3. The molecule has 0 radical (unpaired) electrons. The normalized spacial score (nSPS) is 10.5. The number of carbonyl (C=O) groups excluding carboxylic acids is 2. The summed E-state index contributed by atoms with van der Waals surface area (Å²) < 4.78 is 7.29. The molecule has 6 nitrogen and oxygen atoms in total. The summed E-state index contributed by atoms with van der Waals surface area (Å²) >= 11 is 1.58. The second-order valence-corrected chi connectivity index (χ2v) is 7.51. The van der Waals surface area contributed by atoms with Gasteiger partial charge in [-0.15, -0.1) is 11.3 Å². The van der Waals surface area contributed by atoms with Gasteiger partial charge in [-0.1, -0.05) is 36.4 Å². The number of para-hydroxylation sites is 2. The highest BCUT2D eigenvalue weighted by molar-refractivity contribution is 7.09. The molecule has 2 aromatic heterocycles. The van der Waals surface area contributed by atoms with E-state index >= 15 is 0 Å². The predicted octanol–water partition coefficient (Wildman–Crippen LogP) is 3.86. The van der Waals surface area contributed by atoms with Crippen LogP contribution in [0.1, 0.15) is 20.8 Å². The lowest BCUT2D eigenvalue weighted by molar-refractivity contribution is -0.123. The van der Waals surface area contributed by atoms with Gasteiger partial charge in [-0.25, -0.2) is 4.68 Å². The summed E-state index contributed by atoms with van der Waals surface area (Å²) in [7, 11) is 0. The minimum absolute atomic E-state index is 0.168. The molecule has 0 atom stereocenters. The Hall–Kier alpha value is -3.71. The van der Waals surface area contributed by atoms with Gasteiger partial charge in [0.2, 0.25) is 0 Å². The Bertz CT molecular complexity index is 1140. The van der Waals surface area contributed by atoms with E-state index in [0.717, 1.165) is 10.6 Å². The molecule has 0 aliphatic heterocycles. The summed E-state index contributed by atoms with van der Waals surface area (Å²) in [5.41, 5.74) is 1.69. The monoisotopic (exact) mass is 417 g/mol. The molecular formula is C23H19N3O3S. The first-order valence-electron chi connectivity index (χ1n) is 9.36. The summed E-state index contributed by atoms with van der Waals surface area (Å²) in [5.74, 6) is -0.101. The van der Waals surface area contributed by atoms with Gasteiger partial charge in [0.05, 0.1) is 29.6 Å². The molecule has 0 saturated carbocycles. The molecule has 2 aromatic carbocycles. The highest BCUT2D eigenvalue weighted by atomic mass is 32.1. The second-order valence-electron chi connectivity index (χ2n) is 6.48. The van der Waals surface area contributed by atoms with E-state index < -0.39 is 0 Å². The third kappa shape index (κ3) is 4.64. The molecule has 2 heterocycles. The predicted molar refractivity (Wildman–Crippen MR) is 115 cm³/mol. The molecule has 0 bridgehead atoms. The molecule has 150 valence electrons. The molecule has 0 unspecified atom stereocenters. The van der Waals surface area contributed by atoms with E-state index in [1.165, 1.54) is 6.20 Å². The fourth-order valence-corrected chi connectivity index (χ4v) is 3.54. The van der Waals surface area contributed by atoms with Crippen LogP contribution >= 0.6 is 11.3 Å². The second kappa shape index (κ2) is 9.19. The van der Waals surface area contributed by atoms with Crippen LogP contribution < -0.4 is 10.1 Å². The van der Waals surface area contributed by atoms with E-state index in [0.29, 0.717) is 23.4 Å². The lowest BCUT2D eigenvalue weighted by atomic mass is 10.1. The number of aromatic nitrogens is 2. The molecule has 1 amide bonds. The maximum absolute atomic E-state index is 13.0. The van der Waals surface area contributed by atoms with E-state index in [-0.39, 0.29) is 18.3 Å². The lowest BCUT2D eigenvalue weighted by Gasteiger charge is -2.10. The average Bonchev–Trinajstić information content (AvgIpc) is 3.49. The van der Waals surface area contributed by atoms with Gasteiger partial charge < -0.3 is 10.1 Å². The summed E-state index contributed by atoms with van der Waals surface area (Å²) in [6.07, 6.45) is 3.21. The first-order chi connectivity index (χ1) is 14.7. The fourth-order valence-electron chi connectivity index (χ4n) is 2.89. The van der Waals surface area contributed by atoms with Crippen molar-refractivity contribution in [3.63, 3.8) is 0 Å². The number of hydrogen-bond donors (Lipinski definition) is 1. The first kappa shape index (κ1) is 19.6. The van der Waals surface area contributed by atoms with E-state index in [2.05, 4.69) is 10.4 Å². The third-order valence-corrected chi connectivity index (χ3v) is 5.27. The first-order valence-corrected chi connectivity index (χ1v) is 10.2. The Morgan fingerprint density at radius 3 is 2.60 bits per heavy atom. The fraction of sp³-hybridized carbons (Fsp3) is 0.0870. The smallest absolute Gasteiger partial charge is 0.258 e. The summed E-state index contributed by atoms with van der Waals surface area (Å²) in [5, 5.41) is 9.04. The summed E-state index contributed by atoms with van der Waals surface area (Å²) in [6.45, 7) is 0.290. The van der Waals surface area contributed by atoms with Gasteiger partial charge in [-0.05, 0) is 35.7 Å². The van der Waals surface area contributed by atoms with Crippen LogP contribution in [0.4, 0.5) is 0 Å². The van der Waals surface area contributed by atoms with Crippen molar-refractivity contribution in [1.82, 2.24) is 15.1 Å². The van der Waals surface area contributed by atoms with E-state index in [4.69, 9.17) is 4.74 Å². The molecule has 0 saturated heterocycles. The quantitative estimate of drug-likeness (QED) is 0.442. The number of benzene rings is 2. The van der Waals surface area contributed by atoms with Crippen molar-refractivity contribution in [2.45, 2.75) is 6.54 Å². The van der Waals surface area contributed by atoms with Gasteiger partial charge in [0.25, 0.3) is 5.91 Å². The molecule has 4 aromatic rings. The zero-order valence-corrected chi connectivity index (χ0v) is 16.8. The van der Waals surface area contributed by atoms with Gasteiger partial charge in [0, 0.05) is 11.1 Å². The van der Waals surface area contributed by atoms with Crippen LogP contribution in [0.25, 0.3) is 5.69 Å². The van der Waals surface area contributed by atoms with Crippen molar-refractivity contribution >= 4 is 23.0 Å². The number of nitrogens with zero attached hydrogens (tertiary/aromatic N) is 2. The molecule has 30 heavy (non-hydrogen) atoms. The van der Waals surface area contributed by atoms with Crippen molar-refractivity contribution < 1.29 is 14.3 Å². The number of ketones is 1. The molecule has 0 fully saturated rings. The van der Waals surface area contributed by atoms with Crippen LogP contribution in [-0.2, 0) is 11.3 Å². The molecule has 7 heteroatoms. The van der Waals surface area contributed by atoms with Crippen LogP contribution in [0.5, 0.6) is 5.75 Å². The number of nitrogens with one attached hydrogen (secondary N) is 1. The van der Waals surface area contributed by atoms with Gasteiger partial charge in [-0.3, -0.25) is 9.59 Å². The SMILES string of the molecule is O=C(COc1ccccc1C(=O)c1cnn(-c2ccccc2)c1)NCc1cccs1. The summed E-state index contributed by atoms with van der Waals surface area (Å²) in [4.78, 5) is 26.2. The highest BCUT2D eigenvalue weighted by Gasteiger charge is 2.17. The third-order valence-electron chi connectivity index (χ3n) is 4.40. The Labute approximate surface area is 177 Å². The average molecular weight is 417 g/mol. The molecule has 0 spiro atoms. The van der Waals surface area contributed by atoms with Crippen LogP contribution in [0.15, 0.2) is 84.5 Å². The van der Waals surface area contributed by atoms with E-state index in [1.54, 1.807) is 46.5 Å². The number of ether oxygens (including phenoxy) is 1. The topological polar surface area (TPSA) is 73.2 Å².